The van der Waals surface area contributed by atoms with Crippen LogP contribution < -0.4 is 5.32 Å². The predicted octanol–water partition coefficient (Wildman–Crippen LogP) is 5.37. The Kier molecular flexibility index (Phi) is 5.77. The first-order chi connectivity index (χ1) is 9.52. The lowest BCUT2D eigenvalue weighted by Crippen LogP contribution is -2.32. The van der Waals surface area contributed by atoms with Gasteiger partial charge in [-0.1, -0.05) is 37.0 Å². The van der Waals surface area contributed by atoms with Gasteiger partial charge in [-0.25, -0.2) is 0 Å². The Hall–Kier alpha value is -0.240. The van der Waals surface area contributed by atoms with Crippen molar-refractivity contribution < 1.29 is 0 Å². The number of hydrogen-bond donors (Lipinski definition) is 1. The molecule has 0 aromatic heterocycles. The van der Waals surface area contributed by atoms with Crippen molar-refractivity contribution >= 4 is 23.2 Å². The first-order valence-electron chi connectivity index (χ1n) is 7.62. The molecule has 1 saturated carbocycles. The van der Waals surface area contributed by atoms with Crippen molar-refractivity contribution in [1.82, 2.24) is 5.32 Å². The SMILES string of the molecule is CNCC1CCC(C(C)C)CC1c1cc(Cl)ccc1Cl. The molecule has 2 rings (SSSR count). The van der Waals surface area contributed by atoms with Gasteiger partial charge < -0.3 is 5.32 Å². The number of benzene rings is 1. The highest BCUT2D eigenvalue weighted by Gasteiger charge is 2.33. The van der Waals surface area contributed by atoms with Crippen molar-refractivity contribution in [1.29, 1.82) is 0 Å². The van der Waals surface area contributed by atoms with Crippen molar-refractivity contribution in [2.45, 2.75) is 39.0 Å². The zero-order valence-electron chi connectivity index (χ0n) is 12.6. The third-order valence-electron chi connectivity index (χ3n) is 4.80. The summed E-state index contributed by atoms with van der Waals surface area (Å²) in [4.78, 5) is 0. The first kappa shape index (κ1) is 16.1. The Morgan fingerprint density at radius 3 is 2.65 bits per heavy atom. The maximum absolute atomic E-state index is 6.44. The molecule has 1 aliphatic rings. The third-order valence-corrected chi connectivity index (χ3v) is 5.38. The van der Waals surface area contributed by atoms with Gasteiger partial charge in [-0.05, 0) is 80.3 Å². The zero-order valence-corrected chi connectivity index (χ0v) is 14.1. The van der Waals surface area contributed by atoms with E-state index in [0.717, 1.165) is 28.4 Å². The molecule has 0 amide bonds. The summed E-state index contributed by atoms with van der Waals surface area (Å²) in [5, 5.41) is 5.00. The van der Waals surface area contributed by atoms with Crippen molar-refractivity contribution in [2.75, 3.05) is 13.6 Å². The fraction of sp³-hybridized carbons (Fsp3) is 0.647. The normalized spacial score (nSPS) is 27.0. The summed E-state index contributed by atoms with van der Waals surface area (Å²) in [6, 6.07) is 5.89. The summed E-state index contributed by atoms with van der Waals surface area (Å²) in [6.45, 7) is 5.72. The number of halogens is 2. The molecule has 0 radical (unpaired) electrons. The summed E-state index contributed by atoms with van der Waals surface area (Å²) in [5.41, 5.74) is 1.24. The summed E-state index contributed by atoms with van der Waals surface area (Å²) in [5.74, 6) is 2.72. The minimum Gasteiger partial charge on any atom is -0.319 e. The second-order valence-electron chi connectivity index (χ2n) is 6.41. The van der Waals surface area contributed by atoms with Gasteiger partial charge in [-0.3, -0.25) is 0 Å². The van der Waals surface area contributed by atoms with Gasteiger partial charge in [0.25, 0.3) is 0 Å². The number of rotatable bonds is 4. The lowest BCUT2D eigenvalue weighted by atomic mass is 9.68. The monoisotopic (exact) mass is 313 g/mol. The summed E-state index contributed by atoms with van der Waals surface area (Å²) >= 11 is 12.6. The molecule has 3 unspecified atom stereocenters. The van der Waals surface area contributed by atoms with Crippen LogP contribution in [0.2, 0.25) is 10.0 Å². The molecule has 1 aliphatic carbocycles. The molecular formula is C17H25Cl2N. The van der Waals surface area contributed by atoms with E-state index in [0.29, 0.717) is 11.8 Å². The van der Waals surface area contributed by atoms with Crippen LogP contribution in [-0.2, 0) is 0 Å². The maximum atomic E-state index is 6.44. The van der Waals surface area contributed by atoms with E-state index in [1.165, 1.54) is 24.8 Å². The number of hydrogen-bond acceptors (Lipinski definition) is 1. The highest BCUT2D eigenvalue weighted by Crippen LogP contribution is 2.45. The van der Waals surface area contributed by atoms with Crippen LogP contribution in [0.5, 0.6) is 0 Å². The lowest BCUT2D eigenvalue weighted by Gasteiger charge is -2.38. The van der Waals surface area contributed by atoms with Crippen LogP contribution in [0, 0.1) is 17.8 Å². The molecular weight excluding hydrogens is 289 g/mol. The Morgan fingerprint density at radius 1 is 1.25 bits per heavy atom. The van der Waals surface area contributed by atoms with Crippen molar-refractivity contribution in [3.63, 3.8) is 0 Å². The van der Waals surface area contributed by atoms with Gasteiger partial charge in [0.05, 0.1) is 0 Å². The van der Waals surface area contributed by atoms with Crippen LogP contribution in [0.25, 0.3) is 0 Å². The van der Waals surface area contributed by atoms with Gasteiger partial charge in [0.15, 0.2) is 0 Å². The molecule has 0 saturated heterocycles. The average molecular weight is 314 g/mol. The van der Waals surface area contributed by atoms with Crippen LogP contribution in [0.3, 0.4) is 0 Å². The van der Waals surface area contributed by atoms with Crippen molar-refractivity contribution in [3.05, 3.63) is 33.8 Å². The van der Waals surface area contributed by atoms with E-state index < -0.39 is 0 Å². The Labute approximate surface area is 133 Å². The summed E-state index contributed by atoms with van der Waals surface area (Å²) in [6.07, 6.45) is 3.83. The van der Waals surface area contributed by atoms with E-state index >= 15 is 0 Å². The van der Waals surface area contributed by atoms with Crippen LogP contribution in [0.1, 0.15) is 44.6 Å². The zero-order chi connectivity index (χ0) is 14.7. The van der Waals surface area contributed by atoms with E-state index in [9.17, 15) is 0 Å². The van der Waals surface area contributed by atoms with Gasteiger partial charge in [0, 0.05) is 10.0 Å². The smallest absolute Gasteiger partial charge is 0.0441 e. The molecule has 3 atom stereocenters. The molecule has 0 spiro atoms. The van der Waals surface area contributed by atoms with Gasteiger partial charge in [0.2, 0.25) is 0 Å². The molecule has 0 aliphatic heterocycles. The van der Waals surface area contributed by atoms with Gasteiger partial charge in [-0.15, -0.1) is 0 Å². The standard InChI is InChI=1S/C17H25Cl2N/c1-11(2)12-4-5-13(10-20-3)15(8-12)16-9-14(18)6-7-17(16)19/h6-7,9,11-13,15,20H,4-5,8,10H2,1-3H3. The first-order valence-corrected chi connectivity index (χ1v) is 8.38. The van der Waals surface area contributed by atoms with E-state index in [4.69, 9.17) is 23.2 Å². The molecule has 112 valence electrons. The molecule has 1 aromatic carbocycles. The molecule has 1 nitrogen and oxygen atoms in total. The minimum absolute atomic E-state index is 0.523. The van der Waals surface area contributed by atoms with Gasteiger partial charge >= 0.3 is 0 Å². The van der Waals surface area contributed by atoms with Crippen LogP contribution >= 0.6 is 23.2 Å². The van der Waals surface area contributed by atoms with Crippen LogP contribution in [0.15, 0.2) is 18.2 Å². The molecule has 1 N–H and O–H groups in total. The molecule has 0 bridgehead atoms. The van der Waals surface area contributed by atoms with E-state index in [1.54, 1.807) is 0 Å². The van der Waals surface area contributed by atoms with Gasteiger partial charge in [-0.2, -0.15) is 0 Å². The molecule has 0 heterocycles. The Bertz CT molecular complexity index is 445. The van der Waals surface area contributed by atoms with Crippen LogP contribution in [-0.4, -0.2) is 13.6 Å². The highest BCUT2D eigenvalue weighted by molar-refractivity contribution is 6.33. The molecule has 3 heteroatoms. The predicted molar refractivity (Wildman–Crippen MR) is 88.8 cm³/mol. The Morgan fingerprint density at radius 2 is 2.00 bits per heavy atom. The van der Waals surface area contributed by atoms with Gasteiger partial charge in [0.1, 0.15) is 0 Å². The fourth-order valence-electron chi connectivity index (χ4n) is 3.56. The summed E-state index contributed by atoms with van der Waals surface area (Å²) < 4.78 is 0. The van der Waals surface area contributed by atoms with Crippen LogP contribution in [0.4, 0.5) is 0 Å². The molecule has 20 heavy (non-hydrogen) atoms. The lowest BCUT2D eigenvalue weighted by molar-refractivity contribution is 0.192. The minimum atomic E-state index is 0.523. The van der Waals surface area contributed by atoms with Crippen molar-refractivity contribution in [2.24, 2.45) is 17.8 Å². The average Bonchev–Trinajstić information content (AvgIpc) is 2.42. The maximum Gasteiger partial charge on any atom is 0.0441 e. The topological polar surface area (TPSA) is 12.0 Å². The molecule has 1 aromatic rings. The largest absolute Gasteiger partial charge is 0.319 e. The highest BCUT2D eigenvalue weighted by atomic mass is 35.5. The molecule has 1 fully saturated rings. The second-order valence-corrected chi connectivity index (χ2v) is 7.25. The third kappa shape index (κ3) is 3.69. The van der Waals surface area contributed by atoms with E-state index in [1.807, 2.05) is 19.2 Å². The van der Waals surface area contributed by atoms with E-state index in [-0.39, 0.29) is 0 Å². The quantitative estimate of drug-likeness (QED) is 0.788. The number of nitrogens with one attached hydrogen (secondary N) is 1. The van der Waals surface area contributed by atoms with E-state index in [2.05, 4.69) is 25.2 Å². The van der Waals surface area contributed by atoms with Crippen molar-refractivity contribution in [3.8, 4) is 0 Å². The Balaban J connectivity index is 2.28. The second kappa shape index (κ2) is 7.15. The fourth-order valence-corrected chi connectivity index (χ4v) is 4.00. The summed E-state index contributed by atoms with van der Waals surface area (Å²) in [7, 11) is 2.03.